The summed E-state index contributed by atoms with van der Waals surface area (Å²) in [6.07, 6.45) is 7.01. The third-order valence-electron chi connectivity index (χ3n) is 4.68. The summed E-state index contributed by atoms with van der Waals surface area (Å²) in [5.41, 5.74) is 3.78. The van der Waals surface area contributed by atoms with Crippen LogP contribution in [-0.4, -0.2) is 32.9 Å². The average molecular weight is 352 g/mol. The molecule has 1 atom stereocenters. The smallest absolute Gasteiger partial charge is 0.275 e. The number of nitrogens with one attached hydrogen (secondary N) is 2. The molecule has 4 rings (SSSR count). The van der Waals surface area contributed by atoms with Crippen LogP contribution in [0, 0.1) is 5.92 Å². The van der Waals surface area contributed by atoms with Crippen molar-refractivity contribution in [1.29, 1.82) is 0 Å². The van der Waals surface area contributed by atoms with Gasteiger partial charge < -0.3 is 9.97 Å². The molecule has 0 radical (unpaired) electrons. The lowest BCUT2D eigenvalue weighted by Gasteiger charge is -2.15. The molecule has 5 heteroatoms. The Morgan fingerprint density at radius 2 is 1.96 bits per heavy atom. The quantitative estimate of drug-likeness (QED) is 0.752. The maximum atomic E-state index is 11.7. The maximum absolute atomic E-state index is 11.7. The Bertz CT molecular complexity index is 868. The second-order valence-corrected chi connectivity index (χ2v) is 7.06. The van der Waals surface area contributed by atoms with E-state index in [0.717, 1.165) is 37.1 Å². The minimum Gasteiger partial charge on any atom is -0.355 e. The van der Waals surface area contributed by atoms with E-state index in [0.29, 0.717) is 11.4 Å². The average Bonchev–Trinajstić information content (AvgIpc) is 3.25. The van der Waals surface area contributed by atoms with Crippen molar-refractivity contribution < 1.29 is 0 Å². The number of nitrogens with zero attached hydrogens (tertiary/aromatic N) is 2. The Balaban J connectivity index is 0.000000613. The van der Waals surface area contributed by atoms with Crippen molar-refractivity contribution in [3.63, 3.8) is 0 Å². The predicted octanol–water partition coefficient (Wildman–Crippen LogP) is 3.73. The summed E-state index contributed by atoms with van der Waals surface area (Å²) in [6, 6.07) is 10.7. The molecule has 1 fully saturated rings. The first-order valence-corrected chi connectivity index (χ1v) is 9.51. The maximum Gasteiger partial charge on any atom is 0.275 e. The molecule has 26 heavy (non-hydrogen) atoms. The minimum absolute atomic E-state index is 0.107. The molecule has 0 bridgehead atoms. The van der Waals surface area contributed by atoms with Crippen molar-refractivity contribution in [3.8, 4) is 0 Å². The van der Waals surface area contributed by atoms with Gasteiger partial charge in [0, 0.05) is 24.8 Å². The van der Waals surface area contributed by atoms with E-state index in [-0.39, 0.29) is 5.56 Å². The summed E-state index contributed by atoms with van der Waals surface area (Å²) in [4.78, 5) is 24.2. The van der Waals surface area contributed by atoms with E-state index in [9.17, 15) is 4.79 Å². The van der Waals surface area contributed by atoms with Gasteiger partial charge >= 0.3 is 0 Å². The van der Waals surface area contributed by atoms with Gasteiger partial charge in [-0.15, -0.1) is 0 Å². The van der Waals surface area contributed by atoms with Crippen molar-refractivity contribution in [2.24, 2.45) is 5.92 Å². The summed E-state index contributed by atoms with van der Waals surface area (Å²) in [7, 11) is 0. The summed E-state index contributed by atoms with van der Waals surface area (Å²) >= 11 is 0. The second-order valence-electron chi connectivity index (χ2n) is 7.06. The molecule has 0 amide bonds. The van der Waals surface area contributed by atoms with E-state index in [1.54, 1.807) is 0 Å². The van der Waals surface area contributed by atoms with Gasteiger partial charge in [-0.05, 0) is 30.9 Å². The highest BCUT2D eigenvalue weighted by molar-refractivity contribution is 5.77. The highest BCUT2D eigenvalue weighted by atomic mass is 16.1. The van der Waals surface area contributed by atoms with Crippen molar-refractivity contribution in [3.05, 3.63) is 64.3 Å². The van der Waals surface area contributed by atoms with Crippen LogP contribution in [0.4, 0.5) is 0 Å². The van der Waals surface area contributed by atoms with Gasteiger partial charge in [-0.3, -0.25) is 9.69 Å². The molecule has 1 aliphatic rings. The van der Waals surface area contributed by atoms with E-state index in [1.165, 1.54) is 24.7 Å². The second kappa shape index (κ2) is 8.81. The van der Waals surface area contributed by atoms with Gasteiger partial charge in [-0.25, -0.2) is 4.98 Å². The van der Waals surface area contributed by atoms with Gasteiger partial charge in [0.2, 0.25) is 0 Å². The molecule has 0 saturated carbocycles. The van der Waals surface area contributed by atoms with Gasteiger partial charge in [0.1, 0.15) is 5.52 Å². The largest absolute Gasteiger partial charge is 0.355 e. The third-order valence-corrected chi connectivity index (χ3v) is 4.68. The summed E-state index contributed by atoms with van der Waals surface area (Å²) < 4.78 is 0. The number of benzene rings is 1. The van der Waals surface area contributed by atoms with Gasteiger partial charge in [0.15, 0.2) is 0 Å². The van der Waals surface area contributed by atoms with Crippen LogP contribution in [0.1, 0.15) is 37.8 Å². The van der Waals surface area contributed by atoms with E-state index in [4.69, 9.17) is 0 Å². The number of aromatic nitrogens is 3. The van der Waals surface area contributed by atoms with Crippen molar-refractivity contribution >= 4 is 11.0 Å². The van der Waals surface area contributed by atoms with E-state index >= 15 is 0 Å². The SMILES string of the molecule is CCC.O=c1[nH]cnc2c(CN3CC[C@@H](Cc4ccccc4)C3)c[nH]c12. The van der Waals surface area contributed by atoms with Crippen molar-refractivity contribution in [2.45, 2.75) is 39.7 Å². The van der Waals surface area contributed by atoms with Gasteiger partial charge in [0.05, 0.1) is 11.8 Å². The molecule has 0 spiro atoms. The number of aromatic amines is 2. The van der Waals surface area contributed by atoms with Crippen LogP contribution in [0.2, 0.25) is 0 Å². The molecule has 1 aromatic carbocycles. The first kappa shape index (κ1) is 18.4. The molecule has 0 unspecified atom stereocenters. The zero-order chi connectivity index (χ0) is 18.4. The lowest BCUT2D eigenvalue weighted by atomic mass is 9.99. The van der Waals surface area contributed by atoms with Crippen LogP contribution in [0.3, 0.4) is 0 Å². The molecule has 0 aliphatic carbocycles. The van der Waals surface area contributed by atoms with Crippen LogP contribution in [0.25, 0.3) is 11.0 Å². The lowest BCUT2D eigenvalue weighted by molar-refractivity contribution is 0.317. The fourth-order valence-electron chi connectivity index (χ4n) is 3.54. The van der Waals surface area contributed by atoms with Gasteiger partial charge in [-0.1, -0.05) is 50.6 Å². The number of hydrogen-bond acceptors (Lipinski definition) is 3. The standard InChI is InChI=1S/C18H20N4O.C3H8/c23-18-17-16(20-12-21-18)15(9-19-17)11-22-7-6-14(10-22)8-13-4-2-1-3-5-13;1-3-2/h1-5,9,12,14,19H,6-8,10-11H2,(H,20,21,23);3H2,1-2H3/t14-;/m0./s1. The number of fused-ring (bicyclic) bond motifs is 1. The van der Waals surface area contributed by atoms with Crippen LogP contribution < -0.4 is 5.56 Å². The zero-order valence-corrected chi connectivity index (χ0v) is 15.7. The van der Waals surface area contributed by atoms with E-state index in [2.05, 4.69) is 64.0 Å². The normalized spacial score (nSPS) is 17.2. The van der Waals surface area contributed by atoms with Crippen LogP contribution in [0.15, 0.2) is 47.7 Å². The number of rotatable bonds is 4. The zero-order valence-electron chi connectivity index (χ0n) is 15.7. The fourth-order valence-corrected chi connectivity index (χ4v) is 3.54. The van der Waals surface area contributed by atoms with E-state index in [1.807, 2.05) is 6.20 Å². The molecule has 2 aromatic heterocycles. The highest BCUT2D eigenvalue weighted by Crippen LogP contribution is 2.23. The Kier molecular flexibility index (Phi) is 6.23. The van der Waals surface area contributed by atoms with Crippen LogP contribution >= 0.6 is 0 Å². The Morgan fingerprint density at radius 3 is 2.73 bits per heavy atom. The Hall–Kier alpha value is -2.40. The minimum atomic E-state index is -0.107. The fraction of sp³-hybridized carbons (Fsp3) is 0.429. The molecular weight excluding hydrogens is 324 g/mol. The highest BCUT2D eigenvalue weighted by Gasteiger charge is 2.23. The monoisotopic (exact) mass is 352 g/mol. The molecular formula is C21H28N4O. The third kappa shape index (κ3) is 4.41. The van der Waals surface area contributed by atoms with Crippen molar-refractivity contribution in [2.75, 3.05) is 13.1 Å². The number of H-pyrrole nitrogens is 2. The summed E-state index contributed by atoms with van der Waals surface area (Å²) in [5, 5.41) is 0. The predicted molar refractivity (Wildman–Crippen MR) is 106 cm³/mol. The Morgan fingerprint density at radius 1 is 1.19 bits per heavy atom. The first-order chi connectivity index (χ1) is 12.7. The lowest BCUT2D eigenvalue weighted by Crippen LogP contribution is -2.20. The summed E-state index contributed by atoms with van der Waals surface area (Å²) in [5.74, 6) is 0.707. The summed E-state index contributed by atoms with van der Waals surface area (Å²) in [6.45, 7) is 7.31. The van der Waals surface area contributed by atoms with Crippen LogP contribution in [-0.2, 0) is 13.0 Å². The van der Waals surface area contributed by atoms with E-state index < -0.39 is 0 Å². The molecule has 5 nitrogen and oxygen atoms in total. The number of likely N-dealkylation sites (tertiary alicyclic amines) is 1. The molecule has 2 N–H and O–H groups in total. The topological polar surface area (TPSA) is 64.8 Å². The molecule has 3 heterocycles. The van der Waals surface area contributed by atoms with Gasteiger partial charge in [0.25, 0.3) is 5.56 Å². The van der Waals surface area contributed by atoms with Gasteiger partial charge in [-0.2, -0.15) is 0 Å². The molecule has 1 aliphatic heterocycles. The van der Waals surface area contributed by atoms with Crippen molar-refractivity contribution in [1.82, 2.24) is 19.9 Å². The van der Waals surface area contributed by atoms with Crippen LogP contribution in [0.5, 0.6) is 0 Å². The first-order valence-electron chi connectivity index (χ1n) is 9.51. The Labute approximate surface area is 154 Å². The molecule has 1 saturated heterocycles. The number of hydrogen-bond donors (Lipinski definition) is 2. The molecule has 3 aromatic rings. The molecule has 138 valence electrons.